The molecule has 1 aromatic carbocycles. The maximum atomic E-state index is 3.57. The molecule has 1 aliphatic rings. The molecule has 2 rings (SSSR count). The molecule has 1 N–H and O–H groups in total. The van der Waals surface area contributed by atoms with E-state index in [1.807, 2.05) is 0 Å². The predicted molar refractivity (Wildman–Crippen MR) is 77.9 cm³/mol. The molecule has 1 unspecified atom stereocenters. The SMILES string of the molecule is CN1CCCC(CNc2ccccc2I)C1. The van der Waals surface area contributed by atoms with Crippen LogP contribution in [0.15, 0.2) is 24.3 Å². The fraction of sp³-hybridized carbons (Fsp3) is 0.538. The summed E-state index contributed by atoms with van der Waals surface area (Å²) < 4.78 is 1.31. The normalized spacial score (nSPS) is 22.0. The third kappa shape index (κ3) is 3.35. The zero-order valence-electron chi connectivity index (χ0n) is 9.75. The minimum atomic E-state index is 0.801. The molecule has 0 radical (unpaired) electrons. The molecule has 1 atom stereocenters. The van der Waals surface area contributed by atoms with Gasteiger partial charge in [-0.3, -0.25) is 0 Å². The van der Waals surface area contributed by atoms with Crippen LogP contribution < -0.4 is 5.32 Å². The summed E-state index contributed by atoms with van der Waals surface area (Å²) in [5, 5.41) is 3.57. The van der Waals surface area contributed by atoms with Gasteiger partial charge in [0.25, 0.3) is 0 Å². The van der Waals surface area contributed by atoms with Crippen LogP contribution in [0.4, 0.5) is 5.69 Å². The molecule has 0 saturated carbocycles. The molecule has 1 fully saturated rings. The van der Waals surface area contributed by atoms with Crippen LogP contribution in [0.5, 0.6) is 0 Å². The molecule has 1 aliphatic heterocycles. The molecule has 1 saturated heterocycles. The second kappa shape index (κ2) is 5.87. The van der Waals surface area contributed by atoms with Crippen molar-refractivity contribution >= 4 is 28.3 Å². The Hall–Kier alpha value is -0.290. The van der Waals surface area contributed by atoms with E-state index in [-0.39, 0.29) is 0 Å². The second-order valence-electron chi connectivity index (χ2n) is 4.63. The minimum absolute atomic E-state index is 0.801. The summed E-state index contributed by atoms with van der Waals surface area (Å²) in [7, 11) is 2.22. The first-order valence-corrected chi connectivity index (χ1v) is 7.00. The van der Waals surface area contributed by atoms with Crippen molar-refractivity contribution in [3.8, 4) is 0 Å². The van der Waals surface area contributed by atoms with Gasteiger partial charge >= 0.3 is 0 Å². The van der Waals surface area contributed by atoms with Crippen molar-refractivity contribution < 1.29 is 0 Å². The average molecular weight is 330 g/mol. The monoisotopic (exact) mass is 330 g/mol. The summed E-state index contributed by atoms with van der Waals surface area (Å²) in [6.45, 7) is 3.60. The Labute approximate surface area is 112 Å². The Balaban J connectivity index is 1.85. The molecule has 0 bridgehead atoms. The minimum Gasteiger partial charge on any atom is -0.384 e. The Morgan fingerprint density at radius 2 is 2.25 bits per heavy atom. The average Bonchev–Trinajstić information content (AvgIpc) is 2.28. The smallest absolute Gasteiger partial charge is 0.0475 e. The summed E-state index contributed by atoms with van der Waals surface area (Å²) in [6.07, 6.45) is 2.70. The number of piperidine rings is 1. The van der Waals surface area contributed by atoms with E-state index in [1.54, 1.807) is 0 Å². The van der Waals surface area contributed by atoms with Crippen molar-refractivity contribution in [2.24, 2.45) is 5.92 Å². The highest BCUT2D eigenvalue weighted by atomic mass is 127. The predicted octanol–water partition coefficient (Wildman–Crippen LogP) is 3.04. The third-order valence-corrected chi connectivity index (χ3v) is 4.12. The molecule has 0 amide bonds. The molecule has 1 heterocycles. The molecular formula is C13H19IN2. The van der Waals surface area contributed by atoms with Gasteiger partial charge in [0.2, 0.25) is 0 Å². The molecule has 0 aromatic heterocycles. The first-order valence-electron chi connectivity index (χ1n) is 5.92. The van der Waals surface area contributed by atoms with Crippen LogP contribution in [0.2, 0.25) is 0 Å². The number of rotatable bonds is 3. The zero-order valence-corrected chi connectivity index (χ0v) is 11.9. The summed E-state index contributed by atoms with van der Waals surface area (Å²) in [5.41, 5.74) is 1.27. The lowest BCUT2D eigenvalue weighted by molar-refractivity contribution is 0.217. The molecule has 2 nitrogen and oxygen atoms in total. The van der Waals surface area contributed by atoms with E-state index in [0.717, 1.165) is 12.5 Å². The maximum absolute atomic E-state index is 3.57. The molecule has 88 valence electrons. The van der Waals surface area contributed by atoms with E-state index >= 15 is 0 Å². The number of hydrogen-bond acceptors (Lipinski definition) is 2. The van der Waals surface area contributed by atoms with Crippen molar-refractivity contribution in [2.45, 2.75) is 12.8 Å². The number of hydrogen-bond donors (Lipinski definition) is 1. The van der Waals surface area contributed by atoms with Crippen molar-refractivity contribution in [1.29, 1.82) is 0 Å². The number of nitrogens with zero attached hydrogens (tertiary/aromatic N) is 1. The lowest BCUT2D eigenvalue weighted by Gasteiger charge is -2.30. The quantitative estimate of drug-likeness (QED) is 0.857. The summed E-state index contributed by atoms with van der Waals surface area (Å²) in [6, 6.07) is 8.49. The third-order valence-electron chi connectivity index (χ3n) is 3.18. The van der Waals surface area contributed by atoms with Crippen LogP contribution in [-0.2, 0) is 0 Å². The standard InChI is InChI=1S/C13H19IN2/c1-16-8-4-5-11(10-16)9-15-13-7-3-2-6-12(13)14/h2-3,6-7,11,15H,4-5,8-10H2,1H3. The topological polar surface area (TPSA) is 15.3 Å². The van der Waals surface area contributed by atoms with Crippen molar-refractivity contribution in [2.75, 3.05) is 32.0 Å². The number of likely N-dealkylation sites (tertiary alicyclic amines) is 1. The van der Waals surface area contributed by atoms with Gasteiger partial charge in [-0.2, -0.15) is 0 Å². The van der Waals surface area contributed by atoms with E-state index in [2.05, 4.69) is 64.1 Å². The number of para-hydroxylation sites is 1. The Morgan fingerprint density at radius 3 is 3.00 bits per heavy atom. The molecule has 1 aromatic rings. The second-order valence-corrected chi connectivity index (χ2v) is 5.79. The van der Waals surface area contributed by atoms with Crippen LogP contribution >= 0.6 is 22.6 Å². The van der Waals surface area contributed by atoms with Crippen LogP contribution in [0, 0.1) is 9.49 Å². The Bertz CT molecular complexity index is 340. The van der Waals surface area contributed by atoms with Gasteiger partial charge in [-0.15, -0.1) is 0 Å². The highest BCUT2D eigenvalue weighted by Crippen LogP contribution is 2.20. The van der Waals surface area contributed by atoms with E-state index in [0.29, 0.717) is 0 Å². The van der Waals surface area contributed by atoms with Crippen molar-refractivity contribution in [3.05, 3.63) is 27.8 Å². The van der Waals surface area contributed by atoms with Gasteiger partial charge in [0.1, 0.15) is 0 Å². The molecule has 3 heteroatoms. The molecule has 0 spiro atoms. The first kappa shape index (κ1) is 12.2. The van der Waals surface area contributed by atoms with Gasteiger partial charge in [-0.1, -0.05) is 12.1 Å². The van der Waals surface area contributed by atoms with Gasteiger partial charge in [0.05, 0.1) is 0 Å². The number of halogens is 1. The highest BCUT2D eigenvalue weighted by molar-refractivity contribution is 14.1. The molecule has 16 heavy (non-hydrogen) atoms. The lowest BCUT2D eigenvalue weighted by atomic mass is 9.98. The lowest BCUT2D eigenvalue weighted by Crippen LogP contribution is -2.35. The Kier molecular flexibility index (Phi) is 4.46. The Morgan fingerprint density at radius 1 is 1.44 bits per heavy atom. The van der Waals surface area contributed by atoms with Gasteiger partial charge in [0, 0.05) is 22.3 Å². The summed E-state index contributed by atoms with van der Waals surface area (Å²) in [4.78, 5) is 2.44. The van der Waals surface area contributed by atoms with E-state index < -0.39 is 0 Å². The van der Waals surface area contributed by atoms with Crippen molar-refractivity contribution in [3.63, 3.8) is 0 Å². The number of nitrogens with one attached hydrogen (secondary N) is 1. The van der Waals surface area contributed by atoms with Gasteiger partial charge < -0.3 is 10.2 Å². The van der Waals surface area contributed by atoms with Crippen LogP contribution in [0.1, 0.15) is 12.8 Å². The van der Waals surface area contributed by atoms with Gasteiger partial charge in [-0.05, 0) is 67.1 Å². The van der Waals surface area contributed by atoms with Crippen LogP contribution in [0.25, 0.3) is 0 Å². The molecular weight excluding hydrogens is 311 g/mol. The fourth-order valence-electron chi connectivity index (χ4n) is 2.30. The van der Waals surface area contributed by atoms with E-state index in [1.165, 1.54) is 35.2 Å². The fourth-order valence-corrected chi connectivity index (χ4v) is 2.88. The van der Waals surface area contributed by atoms with Crippen LogP contribution in [0.3, 0.4) is 0 Å². The van der Waals surface area contributed by atoms with Gasteiger partial charge in [-0.25, -0.2) is 0 Å². The largest absolute Gasteiger partial charge is 0.384 e. The maximum Gasteiger partial charge on any atom is 0.0475 e. The zero-order chi connectivity index (χ0) is 11.4. The van der Waals surface area contributed by atoms with Gasteiger partial charge in [0.15, 0.2) is 0 Å². The number of benzene rings is 1. The highest BCUT2D eigenvalue weighted by Gasteiger charge is 2.16. The first-order chi connectivity index (χ1) is 7.75. The summed E-state index contributed by atoms with van der Waals surface area (Å²) >= 11 is 2.39. The summed E-state index contributed by atoms with van der Waals surface area (Å²) in [5.74, 6) is 0.801. The van der Waals surface area contributed by atoms with E-state index in [9.17, 15) is 0 Å². The van der Waals surface area contributed by atoms with Crippen LogP contribution in [-0.4, -0.2) is 31.6 Å². The molecule has 0 aliphatic carbocycles. The number of anilines is 1. The van der Waals surface area contributed by atoms with Crippen molar-refractivity contribution in [1.82, 2.24) is 4.90 Å². The van der Waals surface area contributed by atoms with E-state index in [4.69, 9.17) is 0 Å².